The van der Waals surface area contributed by atoms with Gasteiger partial charge >= 0.3 is 0 Å². The topological polar surface area (TPSA) is 42.1 Å². The Morgan fingerprint density at radius 1 is 1.41 bits per heavy atom. The number of nitrogens with zero attached hydrogens (tertiary/aromatic N) is 2. The van der Waals surface area contributed by atoms with E-state index < -0.39 is 0 Å². The molecule has 0 aromatic carbocycles. The quantitative estimate of drug-likeness (QED) is 0.869. The van der Waals surface area contributed by atoms with Crippen molar-refractivity contribution < 1.29 is 0 Å². The average Bonchev–Trinajstić information content (AvgIpc) is 2.30. The van der Waals surface area contributed by atoms with E-state index in [-0.39, 0.29) is 0 Å². The molecule has 3 heteroatoms. The van der Waals surface area contributed by atoms with Gasteiger partial charge in [0.15, 0.2) is 0 Å². The van der Waals surface area contributed by atoms with Crippen molar-refractivity contribution in [2.24, 2.45) is 17.6 Å². The van der Waals surface area contributed by atoms with E-state index in [1.165, 1.54) is 12.0 Å². The van der Waals surface area contributed by atoms with Crippen LogP contribution >= 0.6 is 0 Å². The second-order valence-electron chi connectivity index (χ2n) is 5.44. The van der Waals surface area contributed by atoms with Crippen molar-refractivity contribution in [3.05, 3.63) is 30.1 Å². The van der Waals surface area contributed by atoms with Crippen LogP contribution in [0.1, 0.15) is 31.9 Å². The molecule has 1 aliphatic rings. The molecule has 0 radical (unpaired) electrons. The first-order chi connectivity index (χ1) is 8.20. The first-order valence-electron chi connectivity index (χ1n) is 6.54. The van der Waals surface area contributed by atoms with E-state index in [2.05, 4.69) is 29.8 Å². The molecule has 1 saturated heterocycles. The highest BCUT2D eigenvalue weighted by Gasteiger charge is 2.27. The fourth-order valence-corrected chi connectivity index (χ4v) is 3.03. The summed E-state index contributed by atoms with van der Waals surface area (Å²) in [6.45, 7) is 7.65. The summed E-state index contributed by atoms with van der Waals surface area (Å²) in [5.74, 6) is 1.54. The molecule has 17 heavy (non-hydrogen) atoms. The van der Waals surface area contributed by atoms with Crippen molar-refractivity contribution >= 4 is 0 Å². The van der Waals surface area contributed by atoms with E-state index in [1.54, 1.807) is 0 Å². The number of hydrogen-bond donors (Lipinski definition) is 1. The zero-order valence-electron chi connectivity index (χ0n) is 10.8. The lowest BCUT2D eigenvalue weighted by molar-refractivity contribution is 0.0982. The molecular formula is C14H23N3. The van der Waals surface area contributed by atoms with Gasteiger partial charge in [-0.25, -0.2) is 0 Å². The van der Waals surface area contributed by atoms with Crippen molar-refractivity contribution in [1.29, 1.82) is 0 Å². The number of hydrogen-bond acceptors (Lipinski definition) is 3. The molecule has 3 unspecified atom stereocenters. The summed E-state index contributed by atoms with van der Waals surface area (Å²) in [5, 5.41) is 0. The maximum absolute atomic E-state index is 5.96. The summed E-state index contributed by atoms with van der Waals surface area (Å²) in [6.07, 6.45) is 5.10. The van der Waals surface area contributed by atoms with Crippen LogP contribution in [-0.2, 0) is 0 Å². The van der Waals surface area contributed by atoms with Crippen LogP contribution in [0.3, 0.4) is 0 Å². The van der Waals surface area contributed by atoms with Crippen LogP contribution in [0, 0.1) is 11.8 Å². The summed E-state index contributed by atoms with van der Waals surface area (Å²) in [5.41, 5.74) is 7.20. The van der Waals surface area contributed by atoms with E-state index in [0.29, 0.717) is 12.6 Å². The van der Waals surface area contributed by atoms with Crippen molar-refractivity contribution in [2.45, 2.75) is 26.3 Å². The number of nitrogens with two attached hydrogens (primary N) is 1. The summed E-state index contributed by atoms with van der Waals surface area (Å²) in [4.78, 5) is 6.73. The Hall–Kier alpha value is -0.930. The monoisotopic (exact) mass is 233 g/mol. The van der Waals surface area contributed by atoms with Crippen LogP contribution in [0.5, 0.6) is 0 Å². The molecule has 0 bridgehead atoms. The van der Waals surface area contributed by atoms with Crippen LogP contribution in [0.25, 0.3) is 0 Å². The lowest BCUT2D eigenvalue weighted by atomic mass is 9.90. The Balaban J connectivity index is 2.13. The minimum atomic E-state index is 0.328. The fraction of sp³-hybridized carbons (Fsp3) is 0.643. The van der Waals surface area contributed by atoms with Gasteiger partial charge in [0.05, 0.1) is 0 Å². The maximum Gasteiger partial charge on any atom is 0.0485 e. The Bertz CT molecular complexity index is 329. The number of rotatable bonds is 3. The van der Waals surface area contributed by atoms with Gasteiger partial charge in [-0.3, -0.25) is 9.88 Å². The average molecular weight is 233 g/mol. The molecule has 0 aliphatic carbocycles. The van der Waals surface area contributed by atoms with E-state index >= 15 is 0 Å². The van der Waals surface area contributed by atoms with Gasteiger partial charge in [-0.1, -0.05) is 19.9 Å². The van der Waals surface area contributed by atoms with Crippen molar-refractivity contribution in [1.82, 2.24) is 9.88 Å². The normalized spacial score (nSPS) is 27.9. The molecule has 1 aliphatic heterocycles. The number of likely N-dealkylation sites (tertiary alicyclic amines) is 1. The lowest BCUT2D eigenvalue weighted by Gasteiger charge is -2.39. The van der Waals surface area contributed by atoms with Crippen LogP contribution in [0.2, 0.25) is 0 Å². The molecule has 1 aromatic rings. The first-order valence-corrected chi connectivity index (χ1v) is 6.54. The van der Waals surface area contributed by atoms with Gasteiger partial charge in [-0.05, 0) is 29.9 Å². The van der Waals surface area contributed by atoms with Gasteiger partial charge in [-0.2, -0.15) is 0 Å². The molecule has 0 amide bonds. The van der Waals surface area contributed by atoms with Crippen LogP contribution in [0.15, 0.2) is 24.5 Å². The number of pyridine rings is 1. The molecule has 0 saturated carbocycles. The minimum absolute atomic E-state index is 0.328. The molecule has 1 aromatic heterocycles. The second-order valence-corrected chi connectivity index (χ2v) is 5.44. The molecule has 3 atom stereocenters. The molecule has 1 fully saturated rings. The molecule has 94 valence electrons. The highest BCUT2D eigenvalue weighted by atomic mass is 15.2. The maximum atomic E-state index is 5.96. The predicted molar refractivity (Wildman–Crippen MR) is 70.6 cm³/mol. The van der Waals surface area contributed by atoms with Gasteiger partial charge in [0.1, 0.15) is 0 Å². The van der Waals surface area contributed by atoms with Gasteiger partial charge in [0.2, 0.25) is 0 Å². The summed E-state index contributed by atoms with van der Waals surface area (Å²) in [7, 11) is 0. The Morgan fingerprint density at radius 2 is 2.12 bits per heavy atom. The van der Waals surface area contributed by atoms with Crippen LogP contribution < -0.4 is 5.73 Å². The summed E-state index contributed by atoms with van der Waals surface area (Å²) < 4.78 is 0. The zero-order chi connectivity index (χ0) is 12.3. The second kappa shape index (κ2) is 5.61. The summed E-state index contributed by atoms with van der Waals surface area (Å²) in [6, 6.07) is 4.46. The highest BCUT2D eigenvalue weighted by Crippen LogP contribution is 2.28. The van der Waals surface area contributed by atoms with Gasteiger partial charge in [0, 0.05) is 38.1 Å². The largest absolute Gasteiger partial charge is 0.329 e. The smallest absolute Gasteiger partial charge is 0.0485 e. The molecule has 2 N–H and O–H groups in total. The van der Waals surface area contributed by atoms with Crippen LogP contribution in [-0.4, -0.2) is 29.5 Å². The van der Waals surface area contributed by atoms with E-state index in [1.807, 2.05) is 18.5 Å². The third-order valence-corrected chi connectivity index (χ3v) is 3.63. The SMILES string of the molecule is CC1CC(C)CN(C(CN)c2cccnc2)C1. The van der Waals surface area contributed by atoms with Crippen molar-refractivity contribution in [3.8, 4) is 0 Å². The van der Waals surface area contributed by atoms with Gasteiger partial charge < -0.3 is 5.73 Å². The molecule has 2 rings (SSSR count). The molecular weight excluding hydrogens is 210 g/mol. The zero-order valence-corrected chi connectivity index (χ0v) is 10.8. The third-order valence-electron chi connectivity index (χ3n) is 3.63. The first kappa shape index (κ1) is 12.5. The standard InChI is InChI=1S/C14H23N3/c1-11-6-12(2)10-17(9-11)14(7-15)13-4-3-5-16-8-13/h3-5,8,11-12,14H,6-7,9-10,15H2,1-2H3. The van der Waals surface area contributed by atoms with Gasteiger partial charge in [0.25, 0.3) is 0 Å². The molecule has 0 spiro atoms. The van der Waals surface area contributed by atoms with E-state index in [4.69, 9.17) is 5.73 Å². The highest BCUT2D eigenvalue weighted by molar-refractivity contribution is 5.14. The van der Waals surface area contributed by atoms with Gasteiger partial charge in [-0.15, -0.1) is 0 Å². The van der Waals surface area contributed by atoms with Crippen molar-refractivity contribution in [2.75, 3.05) is 19.6 Å². The Labute approximate surface area is 104 Å². The Kier molecular flexibility index (Phi) is 4.13. The lowest BCUT2D eigenvalue weighted by Crippen LogP contribution is -2.43. The number of piperidine rings is 1. The summed E-state index contributed by atoms with van der Waals surface area (Å²) >= 11 is 0. The third kappa shape index (κ3) is 3.05. The number of aromatic nitrogens is 1. The molecule has 3 nitrogen and oxygen atoms in total. The molecule has 2 heterocycles. The van der Waals surface area contributed by atoms with Crippen LogP contribution in [0.4, 0.5) is 0 Å². The fourth-order valence-electron chi connectivity index (χ4n) is 3.03. The van der Waals surface area contributed by atoms with E-state index in [0.717, 1.165) is 24.9 Å². The minimum Gasteiger partial charge on any atom is -0.329 e. The predicted octanol–water partition coefficient (Wildman–Crippen LogP) is 2.06. The van der Waals surface area contributed by atoms with Crippen molar-refractivity contribution in [3.63, 3.8) is 0 Å². The Morgan fingerprint density at radius 3 is 2.65 bits per heavy atom. The van der Waals surface area contributed by atoms with E-state index in [9.17, 15) is 0 Å².